The summed E-state index contributed by atoms with van der Waals surface area (Å²) in [7, 11) is 1.55. The Hall–Kier alpha value is -1.75. The Balaban J connectivity index is 2.05. The zero-order valence-corrected chi connectivity index (χ0v) is 9.82. The summed E-state index contributed by atoms with van der Waals surface area (Å²) >= 11 is 0. The molecular formula is C12H17N3O2. The highest BCUT2D eigenvalue weighted by Crippen LogP contribution is 2.25. The molecule has 2 rings (SSSR count). The molecule has 0 aliphatic carbocycles. The van der Waals surface area contributed by atoms with E-state index in [-0.39, 0.29) is 11.8 Å². The fourth-order valence-electron chi connectivity index (χ4n) is 1.91. The molecule has 92 valence electrons. The summed E-state index contributed by atoms with van der Waals surface area (Å²) in [5.41, 5.74) is 6.98. The largest absolute Gasteiger partial charge is 0.495 e. The Labute approximate surface area is 100 Å². The second kappa shape index (κ2) is 5.05. The molecule has 1 heterocycles. The molecular weight excluding hydrogens is 218 g/mol. The van der Waals surface area contributed by atoms with Crippen LogP contribution >= 0.6 is 0 Å². The fourth-order valence-corrected chi connectivity index (χ4v) is 1.91. The van der Waals surface area contributed by atoms with Gasteiger partial charge in [0, 0.05) is 18.3 Å². The number of benzene rings is 1. The first-order valence-corrected chi connectivity index (χ1v) is 5.66. The maximum atomic E-state index is 11.9. The molecule has 0 radical (unpaired) electrons. The molecule has 1 aromatic carbocycles. The standard InChI is InChI=1S/C12H17N3O2/c1-17-11-6-9(2-3-10(11)13)15-12(16)8-4-5-14-7-8/h2-3,6,8,14H,4-5,7,13H2,1H3,(H,15,16). The normalized spacial score (nSPS) is 19.0. The number of amides is 1. The van der Waals surface area contributed by atoms with E-state index in [1.807, 2.05) is 0 Å². The van der Waals surface area contributed by atoms with E-state index < -0.39 is 0 Å². The molecule has 1 amide bonds. The molecule has 17 heavy (non-hydrogen) atoms. The van der Waals surface area contributed by atoms with E-state index in [1.54, 1.807) is 25.3 Å². The van der Waals surface area contributed by atoms with E-state index in [4.69, 9.17) is 10.5 Å². The molecule has 1 aliphatic heterocycles. The number of methoxy groups -OCH3 is 1. The van der Waals surface area contributed by atoms with Gasteiger partial charge in [0.2, 0.25) is 5.91 Å². The minimum atomic E-state index is 0.0434. The maximum absolute atomic E-state index is 11.9. The molecule has 1 fully saturated rings. The average Bonchev–Trinajstić information content (AvgIpc) is 2.85. The zero-order chi connectivity index (χ0) is 12.3. The van der Waals surface area contributed by atoms with E-state index in [9.17, 15) is 4.79 Å². The van der Waals surface area contributed by atoms with Crippen LogP contribution in [0.3, 0.4) is 0 Å². The Morgan fingerprint density at radius 3 is 3.06 bits per heavy atom. The Morgan fingerprint density at radius 1 is 1.59 bits per heavy atom. The lowest BCUT2D eigenvalue weighted by Gasteiger charge is -2.11. The van der Waals surface area contributed by atoms with Crippen molar-refractivity contribution < 1.29 is 9.53 Å². The third kappa shape index (κ3) is 2.68. The van der Waals surface area contributed by atoms with E-state index in [0.717, 1.165) is 19.5 Å². The summed E-state index contributed by atoms with van der Waals surface area (Å²) < 4.78 is 5.10. The van der Waals surface area contributed by atoms with Gasteiger partial charge in [0.15, 0.2) is 0 Å². The van der Waals surface area contributed by atoms with Crippen molar-refractivity contribution in [3.8, 4) is 5.75 Å². The maximum Gasteiger partial charge on any atom is 0.228 e. The van der Waals surface area contributed by atoms with Gasteiger partial charge in [0.1, 0.15) is 5.75 Å². The Morgan fingerprint density at radius 2 is 2.41 bits per heavy atom. The molecule has 1 aromatic rings. The lowest BCUT2D eigenvalue weighted by Crippen LogP contribution is -2.24. The second-order valence-corrected chi connectivity index (χ2v) is 4.14. The number of anilines is 2. The number of rotatable bonds is 3. The smallest absolute Gasteiger partial charge is 0.228 e. The van der Waals surface area contributed by atoms with Crippen LogP contribution < -0.4 is 21.1 Å². The summed E-state index contributed by atoms with van der Waals surface area (Å²) in [6.07, 6.45) is 0.887. The number of nitrogen functional groups attached to an aromatic ring is 1. The van der Waals surface area contributed by atoms with Crippen LogP contribution in [-0.2, 0) is 4.79 Å². The predicted molar refractivity (Wildman–Crippen MR) is 67.0 cm³/mol. The molecule has 0 spiro atoms. The Bertz CT molecular complexity index is 414. The molecule has 1 atom stereocenters. The highest BCUT2D eigenvalue weighted by atomic mass is 16.5. The SMILES string of the molecule is COc1cc(NC(=O)C2CCNC2)ccc1N. The summed E-state index contributed by atoms with van der Waals surface area (Å²) in [5.74, 6) is 0.674. The van der Waals surface area contributed by atoms with Gasteiger partial charge in [-0.25, -0.2) is 0 Å². The van der Waals surface area contributed by atoms with E-state index in [1.165, 1.54) is 0 Å². The van der Waals surface area contributed by atoms with Crippen molar-refractivity contribution in [2.24, 2.45) is 5.92 Å². The first-order valence-electron chi connectivity index (χ1n) is 5.66. The molecule has 0 bridgehead atoms. The number of ether oxygens (including phenoxy) is 1. The lowest BCUT2D eigenvalue weighted by atomic mass is 10.1. The number of carbonyl (C=O) groups excluding carboxylic acids is 1. The topological polar surface area (TPSA) is 76.4 Å². The van der Waals surface area contributed by atoms with Crippen molar-refractivity contribution in [1.82, 2.24) is 5.32 Å². The first-order chi connectivity index (χ1) is 8.20. The number of carbonyl (C=O) groups is 1. The van der Waals surface area contributed by atoms with E-state index >= 15 is 0 Å². The summed E-state index contributed by atoms with van der Waals surface area (Å²) in [6, 6.07) is 5.23. The van der Waals surface area contributed by atoms with Crippen molar-refractivity contribution in [3.63, 3.8) is 0 Å². The molecule has 1 unspecified atom stereocenters. The highest BCUT2D eigenvalue weighted by Gasteiger charge is 2.22. The van der Waals surface area contributed by atoms with E-state index in [2.05, 4.69) is 10.6 Å². The van der Waals surface area contributed by atoms with Gasteiger partial charge in [0.25, 0.3) is 0 Å². The molecule has 5 heteroatoms. The zero-order valence-electron chi connectivity index (χ0n) is 9.82. The van der Waals surface area contributed by atoms with Crippen molar-refractivity contribution >= 4 is 17.3 Å². The minimum absolute atomic E-state index is 0.0434. The number of hydrogen-bond donors (Lipinski definition) is 3. The van der Waals surface area contributed by atoms with Crippen LogP contribution in [0.15, 0.2) is 18.2 Å². The molecule has 0 saturated carbocycles. The molecule has 5 nitrogen and oxygen atoms in total. The van der Waals surface area contributed by atoms with Gasteiger partial charge in [-0.1, -0.05) is 0 Å². The minimum Gasteiger partial charge on any atom is -0.495 e. The molecule has 0 aromatic heterocycles. The van der Waals surface area contributed by atoms with Gasteiger partial charge in [-0.2, -0.15) is 0 Å². The fraction of sp³-hybridized carbons (Fsp3) is 0.417. The molecule has 4 N–H and O–H groups in total. The van der Waals surface area contributed by atoms with Crippen LogP contribution in [0.5, 0.6) is 5.75 Å². The van der Waals surface area contributed by atoms with Crippen LogP contribution in [0.4, 0.5) is 11.4 Å². The summed E-state index contributed by atoms with van der Waals surface area (Å²) in [6.45, 7) is 1.65. The van der Waals surface area contributed by atoms with Gasteiger partial charge in [0.05, 0.1) is 18.7 Å². The van der Waals surface area contributed by atoms with Gasteiger partial charge in [-0.05, 0) is 25.1 Å². The quantitative estimate of drug-likeness (QED) is 0.678. The van der Waals surface area contributed by atoms with Gasteiger partial charge >= 0.3 is 0 Å². The van der Waals surface area contributed by atoms with Gasteiger partial charge in [-0.3, -0.25) is 4.79 Å². The lowest BCUT2D eigenvalue weighted by molar-refractivity contribution is -0.119. The highest BCUT2D eigenvalue weighted by molar-refractivity contribution is 5.93. The van der Waals surface area contributed by atoms with Crippen molar-refractivity contribution in [2.45, 2.75) is 6.42 Å². The van der Waals surface area contributed by atoms with Crippen molar-refractivity contribution in [1.29, 1.82) is 0 Å². The van der Waals surface area contributed by atoms with Crippen LogP contribution in [-0.4, -0.2) is 26.1 Å². The van der Waals surface area contributed by atoms with Crippen LogP contribution in [0.2, 0.25) is 0 Å². The molecule has 1 saturated heterocycles. The Kier molecular flexibility index (Phi) is 3.49. The van der Waals surface area contributed by atoms with Gasteiger partial charge in [-0.15, -0.1) is 0 Å². The average molecular weight is 235 g/mol. The van der Waals surface area contributed by atoms with Crippen LogP contribution in [0.1, 0.15) is 6.42 Å². The summed E-state index contributed by atoms with van der Waals surface area (Å²) in [5, 5.41) is 6.04. The van der Waals surface area contributed by atoms with Gasteiger partial charge < -0.3 is 21.1 Å². The van der Waals surface area contributed by atoms with Crippen LogP contribution in [0, 0.1) is 5.92 Å². The predicted octanol–water partition coefficient (Wildman–Crippen LogP) is 0.825. The number of nitrogens with one attached hydrogen (secondary N) is 2. The second-order valence-electron chi connectivity index (χ2n) is 4.14. The number of nitrogens with two attached hydrogens (primary N) is 1. The first kappa shape index (κ1) is 11.7. The third-order valence-electron chi connectivity index (χ3n) is 2.93. The van der Waals surface area contributed by atoms with Crippen molar-refractivity contribution in [3.05, 3.63) is 18.2 Å². The van der Waals surface area contributed by atoms with Crippen molar-refractivity contribution in [2.75, 3.05) is 31.2 Å². The molecule has 1 aliphatic rings. The number of hydrogen-bond acceptors (Lipinski definition) is 4. The van der Waals surface area contributed by atoms with E-state index in [0.29, 0.717) is 17.1 Å². The summed E-state index contributed by atoms with van der Waals surface area (Å²) in [4.78, 5) is 11.9. The monoisotopic (exact) mass is 235 g/mol. The van der Waals surface area contributed by atoms with Crippen LogP contribution in [0.25, 0.3) is 0 Å². The third-order valence-corrected chi connectivity index (χ3v) is 2.93.